The fourth-order valence-electron chi connectivity index (χ4n) is 4.22. The van der Waals surface area contributed by atoms with E-state index in [-0.39, 0.29) is 11.0 Å². The van der Waals surface area contributed by atoms with Crippen molar-refractivity contribution in [3.8, 4) is 5.75 Å². The van der Waals surface area contributed by atoms with Crippen LogP contribution in [0.5, 0.6) is 5.75 Å². The van der Waals surface area contributed by atoms with Crippen LogP contribution in [0, 0.1) is 0 Å². The molecule has 4 heteroatoms. The summed E-state index contributed by atoms with van der Waals surface area (Å²) in [6.07, 6.45) is 3.78. The Balaban J connectivity index is 1.97. The number of hydrogen-bond donors (Lipinski definition) is 1. The largest absolute Gasteiger partial charge is 0.504 e. The summed E-state index contributed by atoms with van der Waals surface area (Å²) < 4.78 is 0. The van der Waals surface area contributed by atoms with E-state index in [4.69, 9.17) is 0 Å². The van der Waals surface area contributed by atoms with Crippen LogP contribution in [-0.4, -0.2) is 11.7 Å². The zero-order valence-corrected chi connectivity index (χ0v) is 15.9. The molecule has 0 spiro atoms. The molecule has 138 valence electrons. The number of fused-ring (bicyclic) bond motifs is 3. The molecule has 3 aromatic carbocycles. The first kappa shape index (κ1) is 17.5. The molecule has 0 saturated heterocycles. The van der Waals surface area contributed by atoms with Crippen molar-refractivity contribution in [1.82, 2.24) is 0 Å². The molecule has 27 heavy (non-hydrogen) atoms. The molecule has 0 aromatic heterocycles. The summed E-state index contributed by atoms with van der Waals surface area (Å²) in [4.78, 5) is 25.6. The second kappa shape index (κ2) is 6.08. The fraction of sp³-hybridized carbons (Fsp3) is 0.304. The van der Waals surface area contributed by atoms with Gasteiger partial charge in [0.05, 0.1) is 5.56 Å². The Labute approximate surface area is 158 Å². The number of aromatic hydroxyl groups is 1. The first-order valence-corrected chi connectivity index (χ1v) is 9.42. The van der Waals surface area contributed by atoms with Crippen LogP contribution in [0.15, 0.2) is 51.7 Å². The fourth-order valence-corrected chi connectivity index (χ4v) is 4.22. The summed E-state index contributed by atoms with van der Waals surface area (Å²) in [5.74, 6) is -0.417. The second-order valence-electron chi connectivity index (χ2n) is 7.76. The first-order chi connectivity index (χ1) is 12.9. The molecule has 1 heterocycles. The number of benzene rings is 2. The zero-order chi connectivity index (χ0) is 19.3. The van der Waals surface area contributed by atoms with Crippen LogP contribution in [0.1, 0.15) is 44.7 Å². The smallest absolute Gasteiger partial charge is 0.268 e. The van der Waals surface area contributed by atoms with E-state index in [1.807, 2.05) is 12.1 Å². The number of allylic oxidation sites excluding steroid dienone is 1. The molecule has 4 rings (SSSR count). The molecule has 0 bridgehead atoms. The van der Waals surface area contributed by atoms with Crippen molar-refractivity contribution in [2.45, 2.75) is 39.0 Å². The quantitative estimate of drug-likeness (QED) is 0.712. The van der Waals surface area contributed by atoms with Crippen LogP contribution in [-0.2, 0) is 5.41 Å². The Morgan fingerprint density at radius 2 is 1.81 bits per heavy atom. The highest BCUT2D eigenvalue weighted by Gasteiger charge is 2.41. The molecule has 0 saturated carbocycles. The van der Waals surface area contributed by atoms with Crippen molar-refractivity contribution in [2.75, 3.05) is 11.4 Å². The standard InChI is InChI=1S/C23H23NO3/c1-4-5-12-24-17-11-10-14-8-6-7-9-15(14)19(17)23(2,3)18(24)13-16-20(25)22(27)21(16)26/h6-11,13,25H,4-5,12H2,1-3H3/b18-13+. The highest BCUT2D eigenvalue weighted by molar-refractivity contribution is 5.95. The van der Waals surface area contributed by atoms with Crippen molar-refractivity contribution in [1.29, 1.82) is 0 Å². The van der Waals surface area contributed by atoms with E-state index in [0.29, 0.717) is 0 Å². The van der Waals surface area contributed by atoms with Gasteiger partial charge in [0.15, 0.2) is 5.75 Å². The summed E-state index contributed by atoms with van der Waals surface area (Å²) in [5, 5.41) is 12.2. The van der Waals surface area contributed by atoms with Crippen LogP contribution in [0.2, 0.25) is 0 Å². The second-order valence-corrected chi connectivity index (χ2v) is 7.76. The van der Waals surface area contributed by atoms with Crippen LogP contribution in [0.4, 0.5) is 5.69 Å². The highest BCUT2D eigenvalue weighted by atomic mass is 16.3. The molecule has 1 N–H and O–H groups in total. The Morgan fingerprint density at radius 3 is 2.52 bits per heavy atom. The van der Waals surface area contributed by atoms with Gasteiger partial charge < -0.3 is 10.0 Å². The Kier molecular flexibility index (Phi) is 3.95. The average Bonchev–Trinajstić information content (AvgIpc) is 2.90. The van der Waals surface area contributed by atoms with E-state index in [1.54, 1.807) is 6.08 Å². The van der Waals surface area contributed by atoms with Crippen LogP contribution < -0.4 is 15.8 Å². The maximum atomic E-state index is 11.9. The summed E-state index contributed by atoms with van der Waals surface area (Å²) in [5.41, 5.74) is 1.69. The number of anilines is 1. The normalized spacial score (nSPS) is 17.1. The lowest BCUT2D eigenvalue weighted by Gasteiger charge is -2.27. The molecule has 0 fully saturated rings. The number of nitrogens with zero attached hydrogens (tertiary/aromatic N) is 1. The van der Waals surface area contributed by atoms with Gasteiger partial charge in [0.2, 0.25) is 5.43 Å². The molecule has 0 atom stereocenters. The van der Waals surface area contributed by atoms with E-state index < -0.39 is 16.6 Å². The Morgan fingerprint density at radius 1 is 1.07 bits per heavy atom. The lowest BCUT2D eigenvalue weighted by Crippen LogP contribution is -2.34. The van der Waals surface area contributed by atoms with Gasteiger partial charge in [-0.2, -0.15) is 0 Å². The number of unbranched alkanes of at least 4 members (excludes halogenated alkanes) is 1. The van der Waals surface area contributed by atoms with Crippen molar-refractivity contribution < 1.29 is 5.11 Å². The monoisotopic (exact) mass is 361 g/mol. The summed E-state index contributed by atoms with van der Waals surface area (Å²) in [7, 11) is 0. The van der Waals surface area contributed by atoms with E-state index in [2.05, 4.69) is 49.9 Å². The Hall–Kier alpha value is -2.88. The molecule has 0 amide bonds. The molecule has 0 aliphatic carbocycles. The van der Waals surface area contributed by atoms with Crippen LogP contribution in [0.25, 0.3) is 16.8 Å². The van der Waals surface area contributed by atoms with Gasteiger partial charge in [0.25, 0.3) is 5.43 Å². The van der Waals surface area contributed by atoms with Crippen molar-refractivity contribution in [3.63, 3.8) is 0 Å². The van der Waals surface area contributed by atoms with Gasteiger partial charge in [-0.1, -0.05) is 57.5 Å². The molecule has 3 aromatic rings. The van der Waals surface area contributed by atoms with Crippen LogP contribution in [0.3, 0.4) is 0 Å². The summed E-state index contributed by atoms with van der Waals surface area (Å²) in [6, 6.07) is 12.6. The van der Waals surface area contributed by atoms with Gasteiger partial charge in [-0.15, -0.1) is 0 Å². The maximum Gasteiger partial charge on any atom is 0.268 e. The third-order valence-electron chi connectivity index (χ3n) is 5.69. The third-order valence-corrected chi connectivity index (χ3v) is 5.69. The number of hydrogen-bond acceptors (Lipinski definition) is 4. The molecular weight excluding hydrogens is 338 g/mol. The van der Waals surface area contributed by atoms with Gasteiger partial charge in [-0.3, -0.25) is 9.59 Å². The topological polar surface area (TPSA) is 57.6 Å². The van der Waals surface area contributed by atoms with E-state index in [0.717, 1.165) is 30.8 Å². The molecule has 0 unspecified atom stereocenters. The van der Waals surface area contributed by atoms with Crippen LogP contribution >= 0.6 is 0 Å². The minimum Gasteiger partial charge on any atom is -0.504 e. The minimum absolute atomic E-state index is 0.127. The van der Waals surface area contributed by atoms with Gasteiger partial charge >= 0.3 is 0 Å². The molecular formula is C23H23NO3. The average molecular weight is 361 g/mol. The first-order valence-electron chi connectivity index (χ1n) is 9.42. The molecule has 0 radical (unpaired) electrons. The number of rotatable bonds is 4. The minimum atomic E-state index is -0.791. The van der Waals surface area contributed by atoms with Gasteiger partial charge in [-0.05, 0) is 34.9 Å². The van der Waals surface area contributed by atoms with E-state index >= 15 is 0 Å². The SMILES string of the molecule is CCCCN1/C(=C/c2c(O)c(=O)c2=O)C(C)(C)c2c1ccc1ccccc21. The molecule has 1 aliphatic rings. The summed E-state index contributed by atoms with van der Waals surface area (Å²) >= 11 is 0. The molecule has 4 nitrogen and oxygen atoms in total. The highest BCUT2D eigenvalue weighted by Crippen LogP contribution is 2.51. The maximum absolute atomic E-state index is 11.9. The van der Waals surface area contributed by atoms with Crippen molar-refractivity contribution in [2.24, 2.45) is 0 Å². The van der Waals surface area contributed by atoms with E-state index in [1.165, 1.54) is 16.3 Å². The van der Waals surface area contributed by atoms with E-state index in [9.17, 15) is 14.7 Å². The predicted molar refractivity (Wildman–Crippen MR) is 110 cm³/mol. The lowest BCUT2D eigenvalue weighted by atomic mass is 9.80. The predicted octanol–water partition coefficient (Wildman–Crippen LogP) is 4.08. The Bertz CT molecular complexity index is 1150. The lowest BCUT2D eigenvalue weighted by molar-refractivity contribution is 0.461. The van der Waals surface area contributed by atoms with Gasteiger partial charge in [0, 0.05) is 23.3 Å². The molecule has 1 aliphatic heterocycles. The van der Waals surface area contributed by atoms with Gasteiger partial charge in [-0.25, -0.2) is 0 Å². The van der Waals surface area contributed by atoms with Gasteiger partial charge in [0.1, 0.15) is 0 Å². The van der Waals surface area contributed by atoms with Crippen molar-refractivity contribution in [3.05, 3.63) is 73.7 Å². The zero-order valence-electron chi connectivity index (χ0n) is 15.9. The van der Waals surface area contributed by atoms with Crippen molar-refractivity contribution >= 4 is 22.5 Å². The third kappa shape index (κ3) is 2.43. The summed E-state index contributed by atoms with van der Waals surface area (Å²) in [6.45, 7) is 7.25.